The van der Waals surface area contributed by atoms with E-state index in [1.807, 2.05) is 31.2 Å². The Labute approximate surface area is 123 Å². The number of carbonyl (C=O) groups excluding carboxylic acids is 1. The molecule has 4 heteroatoms. The Balaban J connectivity index is 2.11. The number of nitrogens with zero attached hydrogens (tertiary/aromatic N) is 1. The highest BCUT2D eigenvalue weighted by atomic mass is 16.2. The summed E-state index contributed by atoms with van der Waals surface area (Å²) in [6, 6.07) is 9.26. The van der Waals surface area contributed by atoms with Crippen molar-refractivity contribution >= 4 is 11.6 Å². The average molecular weight is 280 g/mol. The van der Waals surface area contributed by atoms with Gasteiger partial charge >= 0.3 is 0 Å². The summed E-state index contributed by atoms with van der Waals surface area (Å²) in [5.74, 6) is 5.44. The van der Waals surface area contributed by atoms with E-state index in [0.717, 1.165) is 11.3 Å². The number of carbonyl (C=O) groups is 1. The molecule has 0 radical (unpaired) electrons. The average Bonchev–Trinajstić information content (AvgIpc) is 2.50. The van der Waals surface area contributed by atoms with Gasteiger partial charge < -0.3 is 10.4 Å². The molecule has 0 saturated carbocycles. The van der Waals surface area contributed by atoms with E-state index in [0.29, 0.717) is 17.5 Å². The molecule has 0 aliphatic rings. The lowest BCUT2D eigenvalue weighted by Gasteiger charge is -2.05. The lowest BCUT2D eigenvalue weighted by atomic mass is 10.2. The van der Waals surface area contributed by atoms with Gasteiger partial charge in [-0.05, 0) is 25.1 Å². The predicted octanol–water partition coefficient (Wildman–Crippen LogP) is 2.38. The minimum absolute atomic E-state index is 0.0219. The molecule has 2 N–H and O–H groups in total. The Hall–Kier alpha value is -2.64. The van der Waals surface area contributed by atoms with E-state index in [9.17, 15) is 4.79 Å². The molecule has 1 heterocycles. The molecular weight excluding hydrogens is 264 g/mol. The van der Waals surface area contributed by atoms with Crippen molar-refractivity contribution in [3.8, 4) is 11.8 Å². The van der Waals surface area contributed by atoms with Crippen LogP contribution in [0.4, 0.5) is 5.69 Å². The molecule has 0 bridgehead atoms. The first-order chi connectivity index (χ1) is 10.2. The number of aromatic nitrogens is 1. The quantitative estimate of drug-likeness (QED) is 0.849. The minimum Gasteiger partial charge on any atom is -0.395 e. The number of aliphatic hydroxyl groups excluding tert-OH is 1. The van der Waals surface area contributed by atoms with Crippen molar-refractivity contribution in [3.05, 3.63) is 59.4 Å². The van der Waals surface area contributed by atoms with Gasteiger partial charge in [-0.2, -0.15) is 0 Å². The molecule has 106 valence electrons. The van der Waals surface area contributed by atoms with Gasteiger partial charge in [0, 0.05) is 30.1 Å². The van der Waals surface area contributed by atoms with E-state index >= 15 is 0 Å². The predicted molar refractivity (Wildman–Crippen MR) is 82.0 cm³/mol. The van der Waals surface area contributed by atoms with Crippen LogP contribution >= 0.6 is 0 Å². The third-order valence-electron chi connectivity index (χ3n) is 2.78. The Bertz CT molecular complexity index is 682. The number of aliphatic hydroxyl groups is 1. The van der Waals surface area contributed by atoms with Crippen LogP contribution in [0.25, 0.3) is 0 Å². The van der Waals surface area contributed by atoms with Gasteiger partial charge in [-0.15, -0.1) is 0 Å². The van der Waals surface area contributed by atoms with Gasteiger partial charge in [0.2, 0.25) is 0 Å². The van der Waals surface area contributed by atoms with Crippen LogP contribution in [0.3, 0.4) is 0 Å². The third-order valence-corrected chi connectivity index (χ3v) is 2.78. The Morgan fingerprint density at radius 1 is 1.29 bits per heavy atom. The van der Waals surface area contributed by atoms with Gasteiger partial charge in [-0.1, -0.05) is 29.5 Å². The van der Waals surface area contributed by atoms with Crippen LogP contribution in [0.5, 0.6) is 0 Å². The molecule has 1 aromatic heterocycles. The summed E-state index contributed by atoms with van der Waals surface area (Å²) in [4.78, 5) is 16.2. The molecule has 0 spiro atoms. The maximum absolute atomic E-state index is 12.1. The van der Waals surface area contributed by atoms with Crippen molar-refractivity contribution in [2.75, 3.05) is 11.9 Å². The zero-order valence-electron chi connectivity index (χ0n) is 11.8. The van der Waals surface area contributed by atoms with Crippen molar-refractivity contribution in [2.24, 2.45) is 0 Å². The van der Waals surface area contributed by atoms with Crippen LogP contribution in [-0.2, 0) is 0 Å². The first-order valence-corrected chi connectivity index (χ1v) is 6.62. The summed E-state index contributed by atoms with van der Waals surface area (Å²) in [6.45, 7) is 2.01. The fourth-order valence-corrected chi connectivity index (χ4v) is 1.69. The number of aryl methyl sites for hydroxylation is 1. The number of pyridine rings is 1. The highest BCUT2D eigenvalue weighted by Crippen LogP contribution is 2.11. The summed E-state index contributed by atoms with van der Waals surface area (Å²) in [6.07, 6.45) is 3.49. The van der Waals surface area contributed by atoms with Crippen molar-refractivity contribution in [2.45, 2.75) is 13.3 Å². The molecule has 0 aliphatic carbocycles. The number of benzene rings is 1. The maximum Gasteiger partial charge on any atom is 0.257 e. The molecule has 2 rings (SSSR count). The van der Waals surface area contributed by atoms with E-state index in [-0.39, 0.29) is 12.5 Å². The standard InChI is InChI=1S/C17H16N2O2/c1-13-5-7-16(8-6-13)19-17(21)15-10-14(11-18-12-15)4-2-3-9-20/h5-8,10-12,20H,3,9H2,1H3,(H,19,21). The highest BCUT2D eigenvalue weighted by molar-refractivity contribution is 6.04. The summed E-state index contributed by atoms with van der Waals surface area (Å²) >= 11 is 0. The molecule has 0 aliphatic heterocycles. The van der Waals surface area contributed by atoms with Crippen molar-refractivity contribution < 1.29 is 9.90 Å². The lowest BCUT2D eigenvalue weighted by molar-refractivity contribution is 0.102. The fraction of sp³-hybridized carbons (Fsp3) is 0.176. The summed E-state index contributed by atoms with van der Waals surface area (Å²) in [5.41, 5.74) is 2.98. The number of amides is 1. The van der Waals surface area contributed by atoms with E-state index < -0.39 is 0 Å². The second-order valence-electron chi connectivity index (χ2n) is 4.56. The fourth-order valence-electron chi connectivity index (χ4n) is 1.69. The molecule has 21 heavy (non-hydrogen) atoms. The number of nitrogens with one attached hydrogen (secondary N) is 1. The summed E-state index contributed by atoms with van der Waals surface area (Å²) in [5, 5.41) is 11.5. The van der Waals surface area contributed by atoms with E-state index in [4.69, 9.17) is 5.11 Å². The largest absolute Gasteiger partial charge is 0.395 e. The first-order valence-electron chi connectivity index (χ1n) is 6.62. The van der Waals surface area contributed by atoms with Crippen LogP contribution in [0.1, 0.15) is 27.9 Å². The molecule has 0 saturated heterocycles. The van der Waals surface area contributed by atoms with E-state index in [2.05, 4.69) is 22.1 Å². The molecule has 0 fully saturated rings. The zero-order valence-corrected chi connectivity index (χ0v) is 11.8. The highest BCUT2D eigenvalue weighted by Gasteiger charge is 2.06. The molecular formula is C17H16N2O2. The molecule has 4 nitrogen and oxygen atoms in total. The van der Waals surface area contributed by atoms with E-state index in [1.165, 1.54) is 6.20 Å². The maximum atomic E-state index is 12.1. The zero-order chi connectivity index (χ0) is 15.1. The van der Waals surface area contributed by atoms with Crippen LogP contribution in [0.15, 0.2) is 42.7 Å². The topological polar surface area (TPSA) is 62.2 Å². The number of hydrogen-bond donors (Lipinski definition) is 2. The van der Waals surface area contributed by atoms with Crippen LogP contribution in [-0.4, -0.2) is 22.6 Å². The SMILES string of the molecule is Cc1ccc(NC(=O)c2cncc(C#CCCO)c2)cc1. The van der Waals surface area contributed by atoms with Crippen LogP contribution < -0.4 is 5.32 Å². The Morgan fingerprint density at radius 3 is 2.76 bits per heavy atom. The van der Waals surface area contributed by atoms with Gasteiger partial charge in [0.05, 0.1) is 12.2 Å². The number of hydrogen-bond acceptors (Lipinski definition) is 3. The van der Waals surface area contributed by atoms with Crippen LogP contribution in [0.2, 0.25) is 0 Å². The summed E-state index contributed by atoms with van der Waals surface area (Å²) in [7, 11) is 0. The smallest absolute Gasteiger partial charge is 0.257 e. The Morgan fingerprint density at radius 2 is 2.05 bits per heavy atom. The summed E-state index contributed by atoms with van der Waals surface area (Å²) < 4.78 is 0. The second-order valence-corrected chi connectivity index (χ2v) is 4.56. The van der Waals surface area contributed by atoms with Crippen LogP contribution in [0, 0.1) is 18.8 Å². The normalized spacial score (nSPS) is 9.62. The van der Waals surface area contributed by atoms with Gasteiger partial charge in [-0.3, -0.25) is 9.78 Å². The van der Waals surface area contributed by atoms with Gasteiger partial charge in [0.15, 0.2) is 0 Å². The molecule has 1 aromatic carbocycles. The van der Waals surface area contributed by atoms with Crippen molar-refractivity contribution in [1.29, 1.82) is 0 Å². The lowest BCUT2D eigenvalue weighted by Crippen LogP contribution is -2.12. The number of anilines is 1. The van der Waals surface area contributed by atoms with Gasteiger partial charge in [-0.25, -0.2) is 0 Å². The molecule has 0 unspecified atom stereocenters. The third kappa shape index (κ3) is 4.44. The van der Waals surface area contributed by atoms with Crippen molar-refractivity contribution in [3.63, 3.8) is 0 Å². The van der Waals surface area contributed by atoms with Gasteiger partial charge in [0.25, 0.3) is 5.91 Å². The number of rotatable bonds is 3. The molecule has 0 atom stereocenters. The Kier molecular flexibility index (Phi) is 5.08. The second kappa shape index (κ2) is 7.22. The van der Waals surface area contributed by atoms with E-state index in [1.54, 1.807) is 12.3 Å². The molecule has 2 aromatic rings. The monoisotopic (exact) mass is 280 g/mol. The van der Waals surface area contributed by atoms with Gasteiger partial charge in [0.1, 0.15) is 0 Å². The first kappa shape index (κ1) is 14.8. The minimum atomic E-state index is -0.225. The van der Waals surface area contributed by atoms with Crippen molar-refractivity contribution in [1.82, 2.24) is 4.98 Å². The molecule has 1 amide bonds.